The second-order valence-corrected chi connectivity index (χ2v) is 8.14. The highest BCUT2D eigenvalue weighted by Gasteiger charge is 2.39. The number of hydrogen-bond donors (Lipinski definition) is 0. The fourth-order valence-corrected chi connectivity index (χ4v) is 4.11. The highest BCUT2D eigenvalue weighted by Crippen LogP contribution is 2.34. The molecular weight excluding hydrogens is 476 g/mol. The lowest BCUT2D eigenvalue weighted by Gasteiger charge is -2.30. The highest BCUT2D eigenvalue weighted by atomic mass is 79.9. The summed E-state index contributed by atoms with van der Waals surface area (Å²) in [6.45, 7) is 0.298. The first-order valence-corrected chi connectivity index (χ1v) is 9.87. The first kappa shape index (κ1) is 19.2. The van der Waals surface area contributed by atoms with Crippen molar-refractivity contribution < 1.29 is 28.8 Å². The summed E-state index contributed by atoms with van der Waals surface area (Å²) in [7, 11) is 0. The second kappa shape index (κ2) is 7.59. The minimum absolute atomic E-state index is 0.0654. The third kappa shape index (κ3) is 3.62. The lowest BCUT2D eigenvalue weighted by atomic mass is 9.82. The SMILES string of the molecule is O=C(ON1C(=O)CCC1=O)C1CCC(CN2C(=O)C(Br)=C(Br)C2=O)CC1. The molecule has 0 aromatic carbocycles. The maximum Gasteiger partial charge on any atom is 0.336 e. The van der Waals surface area contributed by atoms with Gasteiger partial charge in [0.2, 0.25) is 0 Å². The Morgan fingerprint density at radius 1 is 0.923 bits per heavy atom. The van der Waals surface area contributed by atoms with E-state index >= 15 is 0 Å². The molecule has 0 aromatic heterocycles. The van der Waals surface area contributed by atoms with E-state index in [1.54, 1.807) is 0 Å². The van der Waals surface area contributed by atoms with Crippen LogP contribution in [0.1, 0.15) is 38.5 Å². The van der Waals surface area contributed by atoms with Crippen LogP contribution in [0.3, 0.4) is 0 Å². The molecule has 1 saturated carbocycles. The van der Waals surface area contributed by atoms with Gasteiger partial charge in [0, 0.05) is 19.4 Å². The molecule has 4 amide bonds. The molecule has 0 unspecified atom stereocenters. The minimum atomic E-state index is -0.576. The van der Waals surface area contributed by atoms with Gasteiger partial charge in [0.05, 0.1) is 5.92 Å². The van der Waals surface area contributed by atoms with E-state index in [1.165, 1.54) is 4.90 Å². The monoisotopic (exact) mass is 490 g/mol. The first-order valence-electron chi connectivity index (χ1n) is 8.28. The summed E-state index contributed by atoms with van der Waals surface area (Å²) in [5.74, 6) is -2.59. The van der Waals surface area contributed by atoms with Crippen LogP contribution >= 0.6 is 31.9 Å². The summed E-state index contributed by atoms with van der Waals surface area (Å²) in [6, 6.07) is 0. The quantitative estimate of drug-likeness (QED) is 0.555. The zero-order chi connectivity index (χ0) is 19.0. The number of hydroxylamine groups is 2. The molecule has 1 aliphatic carbocycles. The molecule has 0 atom stereocenters. The molecule has 2 heterocycles. The van der Waals surface area contributed by atoms with E-state index in [0.717, 1.165) is 0 Å². The van der Waals surface area contributed by atoms with Gasteiger partial charge in [0.1, 0.15) is 8.96 Å². The second-order valence-electron chi connectivity index (χ2n) is 6.56. The maximum atomic E-state index is 12.2. The Labute approximate surface area is 166 Å². The van der Waals surface area contributed by atoms with Crippen molar-refractivity contribution in [3.8, 4) is 0 Å². The average molecular weight is 492 g/mol. The summed E-state index contributed by atoms with van der Waals surface area (Å²) < 4.78 is 0.444. The molecule has 0 radical (unpaired) electrons. The number of imide groups is 2. The molecule has 0 N–H and O–H groups in total. The van der Waals surface area contributed by atoms with Crippen molar-refractivity contribution in [2.24, 2.45) is 11.8 Å². The van der Waals surface area contributed by atoms with Crippen molar-refractivity contribution in [3.63, 3.8) is 0 Å². The Bertz CT molecular complexity index is 686. The summed E-state index contributed by atoms with van der Waals surface area (Å²) >= 11 is 6.19. The van der Waals surface area contributed by atoms with Crippen LogP contribution in [-0.4, -0.2) is 46.1 Å². The molecule has 0 aromatic rings. The van der Waals surface area contributed by atoms with Gasteiger partial charge in [-0.1, -0.05) is 0 Å². The largest absolute Gasteiger partial charge is 0.336 e. The number of carbonyl (C=O) groups is 5. The van der Waals surface area contributed by atoms with Gasteiger partial charge in [-0.2, -0.15) is 0 Å². The topological polar surface area (TPSA) is 101 Å². The summed E-state index contributed by atoms with van der Waals surface area (Å²) in [5.41, 5.74) is 0. The standard InChI is InChI=1S/C16H16Br2N2O6/c17-12-13(18)15(24)19(14(12)23)7-8-1-3-9(4-2-8)16(25)26-20-10(21)5-6-11(20)22/h8-9H,1-7H2. The van der Waals surface area contributed by atoms with Gasteiger partial charge in [-0.3, -0.25) is 24.1 Å². The van der Waals surface area contributed by atoms with Gasteiger partial charge in [-0.15, -0.1) is 5.06 Å². The lowest BCUT2D eigenvalue weighted by Crippen LogP contribution is -2.39. The van der Waals surface area contributed by atoms with Crippen molar-refractivity contribution in [2.45, 2.75) is 38.5 Å². The molecule has 1 saturated heterocycles. The summed E-state index contributed by atoms with van der Waals surface area (Å²) in [6.07, 6.45) is 2.46. The van der Waals surface area contributed by atoms with Gasteiger partial charge in [-0.05, 0) is 63.5 Å². The Balaban J connectivity index is 1.49. The van der Waals surface area contributed by atoms with Crippen molar-refractivity contribution in [3.05, 3.63) is 8.96 Å². The number of rotatable bonds is 4. The number of nitrogens with zero attached hydrogens (tertiary/aromatic N) is 2. The van der Waals surface area contributed by atoms with Crippen LogP contribution in [-0.2, 0) is 28.8 Å². The molecule has 3 aliphatic rings. The molecule has 10 heteroatoms. The van der Waals surface area contributed by atoms with Crippen molar-refractivity contribution >= 4 is 61.5 Å². The van der Waals surface area contributed by atoms with E-state index in [2.05, 4.69) is 31.9 Å². The van der Waals surface area contributed by atoms with E-state index in [1.807, 2.05) is 0 Å². The zero-order valence-electron chi connectivity index (χ0n) is 13.7. The molecular formula is C16H16Br2N2O6. The van der Waals surface area contributed by atoms with Crippen LogP contribution in [0.4, 0.5) is 0 Å². The maximum absolute atomic E-state index is 12.2. The summed E-state index contributed by atoms with van der Waals surface area (Å²) in [4.78, 5) is 65.5. The molecule has 8 nitrogen and oxygen atoms in total. The zero-order valence-corrected chi connectivity index (χ0v) is 16.9. The number of carbonyl (C=O) groups excluding carboxylic acids is 5. The van der Waals surface area contributed by atoms with Crippen LogP contribution in [0.25, 0.3) is 0 Å². The predicted octanol–water partition coefficient (Wildman–Crippen LogP) is 1.77. The van der Waals surface area contributed by atoms with E-state index in [0.29, 0.717) is 37.3 Å². The first-order chi connectivity index (χ1) is 12.3. The summed E-state index contributed by atoms with van der Waals surface area (Å²) in [5, 5.41) is 0.566. The Morgan fingerprint density at radius 2 is 1.42 bits per heavy atom. The molecule has 0 bridgehead atoms. The van der Waals surface area contributed by atoms with E-state index < -0.39 is 23.7 Å². The molecule has 2 fully saturated rings. The Morgan fingerprint density at radius 3 is 1.92 bits per heavy atom. The lowest BCUT2D eigenvalue weighted by molar-refractivity contribution is -0.201. The number of amides is 4. The minimum Gasteiger partial charge on any atom is -0.330 e. The average Bonchev–Trinajstić information content (AvgIpc) is 3.03. The third-order valence-corrected chi connectivity index (χ3v) is 6.87. The van der Waals surface area contributed by atoms with Crippen molar-refractivity contribution in [1.29, 1.82) is 0 Å². The molecule has 0 spiro atoms. The Hall–Kier alpha value is -1.55. The van der Waals surface area contributed by atoms with Gasteiger partial charge < -0.3 is 4.84 Å². The van der Waals surface area contributed by atoms with E-state index in [-0.39, 0.29) is 39.5 Å². The fraction of sp³-hybridized carbons (Fsp3) is 0.562. The van der Waals surface area contributed by atoms with Gasteiger partial charge in [-0.25, -0.2) is 4.79 Å². The Kier molecular flexibility index (Phi) is 5.61. The van der Waals surface area contributed by atoms with Crippen LogP contribution in [0.2, 0.25) is 0 Å². The van der Waals surface area contributed by atoms with E-state index in [4.69, 9.17) is 4.84 Å². The number of hydrogen-bond acceptors (Lipinski definition) is 6. The predicted molar refractivity (Wildman–Crippen MR) is 94.2 cm³/mol. The normalized spacial score (nSPS) is 27.0. The van der Waals surface area contributed by atoms with Crippen molar-refractivity contribution in [2.75, 3.05) is 6.54 Å². The fourth-order valence-electron chi connectivity index (χ4n) is 3.34. The molecule has 2 aliphatic heterocycles. The van der Waals surface area contributed by atoms with Crippen LogP contribution in [0.5, 0.6) is 0 Å². The van der Waals surface area contributed by atoms with Gasteiger partial charge in [0.25, 0.3) is 23.6 Å². The van der Waals surface area contributed by atoms with Crippen molar-refractivity contribution in [1.82, 2.24) is 9.96 Å². The molecule has 140 valence electrons. The van der Waals surface area contributed by atoms with Crippen LogP contribution in [0, 0.1) is 11.8 Å². The highest BCUT2D eigenvalue weighted by molar-refractivity contribution is 9.14. The van der Waals surface area contributed by atoms with Crippen LogP contribution < -0.4 is 0 Å². The van der Waals surface area contributed by atoms with Gasteiger partial charge in [0.15, 0.2) is 0 Å². The third-order valence-electron chi connectivity index (χ3n) is 4.87. The molecule has 26 heavy (non-hydrogen) atoms. The smallest absolute Gasteiger partial charge is 0.330 e. The van der Waals surface area contributed by atoms with Gasteiger partial charge >= 0.3 is 5.97 Å². The molecule has 3 rings (SSSR count). The number of halogens is 2. The van der Waals surface area contributed by atoms with Crippen LogP contribution in [0.15, 0.2) is 8.96 Å². The van der Waals surface area contributed by atoms with E-state index in [9.17, 15) is 24.0 Å².